The number of aromatic nitrogens is 6. The molecule has 4 heterocycles. The monoisotopic (exact) mass is 380 g/mol. The van der Waals surface area contributed by atoms with Crippen LogP contribution in [0.5, 0.6) is 0 Å². The zero-order chi connectivity index (χ0) is 19.3. The van der Waals surface area contributed by atoms with Gasteiger partial charge in [-0.15, -0.1) is 5.10 Å². The number of ether oxygens (including phenoxy) is 2. The minimum absolute atomic E-state index is 0.0284. The summed E-state index contributed by atoms with van der Waals surface area (Å²) in [6.07, 6.45) is 4.03. The maximum Gasteiger partial charge on any atom is 0.279 e. The van der Waals surface area contributed by atoms with Gasteiger partial charge in [-0.3, -0.25) is 13.8 Å². The molecule has 4 aromatic rings. The van der Waals surface area contributed by atoms with Crippen molar-refractivity contribution in [1.82, 2.24) is 28.9 Å². The molecule has 2 unspecified atom stereocenters. The van der Waals surface area contributed by atoms with Crippen molar-refractivity contribution in [3.05, 3.63) is 52.8 Å². The Morgan fingerprint density at radius 3 is 2.86 bits per heavy atom. The van der Waals surface area contributed by atoms with Crippen LogP contribution in [0.15, 0.2) is 41.6 Å². The summed E-state index contributed by atoms with van der Waals surface area (Å²) in [5.41, 5.74) is 2.83. The fourth-order valence-corrected chi connectivity index (χ4v) is 4.04. The van der Waals surface area contributed by atoms with Crippen LogP contribution < -0.4 is 5.56 Å². The minimum Gasteiger partial charge on any atom is -0.378 e. The van der Waals surface area contributed by atoms with E-state index in [2.05, 4.69) is 15.3 Å². The Bertz CT molecular complexity index is 1220. The summed E-state index contributed by atoms with van der Waals surface area (Å²) in [6, 6.07) is 7.82. The van der Waals surface area contributed by atoms with Crippen LogP contribution >= 0.6 is 0 Å². The average Bonchev–Trinajstić information content (AvgIpc) is 3.42. The molecule has 0 radical (unpaired) electrons. The summed E-state index contributed by atoms with van der Waals surface area (Å²) < 4.78 is 16.2. The van der Waals surface area contributed by atoms with Crippen LogP contribution in [-0.4, -0.2) is 48.8 Å². The van der Waals surface area contributed by atoms with Crippen LogP contribution in [0, 0.1) is 0 Å². The Balaban J connectivity index is 1.86. The van der Waals surface area contributed by atoms with Crippen molar-refractivity contribution in [3.8, 4) is 5.82 Å². The molecule has 1 saturated heterocycles. The fourth-order valence-electron chi connectivity index (χ4n) is 4.04. The lowest BCUT2D eigenvalue weighted by Crippen LogP contribution is -2.30. The second-order valence-corrected chi connectivity index (χ2v) is 6.95. The molecule has 0 N–H and O–H groups in total. The molecule has 5 rings (SSSR count). The lowest BCUT2D eigenvalue weighted by Gasteiger charge is -2.21. The Hall–Kier alpha value is -3.04. The molecule has 0 spiro atoms. The van der Waals surface area contributed by atoms with Crippen LogP contribution in [-0.2, 0) is 16.1 Å². The second kappa shape index (κ2) is 6.54. The highest BCUT2D eigenvalue weighted by Crippen LogP contribution is 2.29. The number of methoxy groups -OCH3 is 1. The van der Waals surface area contributed by atoms with Crippen molar-refractivity contribution in [2.45, 2.75) is 32.1 Å². The van der Waals surface area contributed by atoms with Gasteiger partial charge in [-0.2, -0.15) is 4.68 Å². The number of hydrogen-bond donors (Lipinski definition) is 0. The number of nitrogens with zero attached hydrogens (tertiary/aromatic N) is 6. The van der Waals surface area contributed by atoms with Gasteiger partial charge in [0, 0.05) is 13.7 Å². The van der Waals surface area contributed by atoms with Crippen molar-refractivity contribution in [2.75, 3.05) is 13.7 Å². The molecule has 0 aliphatic carbocycles. The topological polar surface area (TPSA) is 88.5 Å². The lowest BCUT2D eigenvalue weighted by atomic mass is 10.1. The predicted molar refractivity (Wildman–Crippen MR) is 102 cm³/mol. The van der Waals surface area contributed by atoms with E-state index in [4.69, 9.17) is 9.47 Å². The first-order chi connectivity index (χ1) is 13.7. The van der Waals surface area contributed by atoms with Gasteiger partial charge in [-0.25, -0.2) is 4.98 Å². The van der Waals surface area contributed by atoms with Crippen molar-refractivity contribution in [1.29, 1.82) is 0 Å². The molecule has 9 nitrogen and oxygen atoms in total. The van der Waals surface area contributed by atoms with E-state index in [1.807, 2.05) is 40.2 Å². The van der Waals surface area contributed by atoms with Crippen molar-refractivity contribution >= 4 is 16.6 Å². The van der Waals surface area contributed by atoms with E-state index in [9.17, 15) is 4.79 Å². The molecule has 1 aliphatic heterocycles. The van der Waals surface area contributed by atoms with E-state index in [-0.39, 0.29) is 17.7 Å². The normalized spacial score (nSPS) is 19.8. The van der Waals surface area contributed by atoms with E-state index in [1.165, 1.54) is 0 Å². The van der Waals surface area contributed by atoms with Crippen LogP contribution in [0.4, 0.5) is 0 Å². The van der Waals surface area contributed by atoms with Gasteiger partial charge in [0.1, 0.15) is 6.33 Å². The first-order valence-corrected chi connectivity index (χ1v) is 9.21. The van der Waals surface area contributed by atoms with E-state index >= 15 is 0 Å². The predicted octanol–water partition coefficient (Wildman–Crippen LogP) is 1.73. The highest BCUT2D eigenvalue weighted by Gasteiger charge is 2.30. The zero-order valence-electron chi connectivity index (χ0n) is 15.6. The molecule has 9 heteroatoms. The third-order valence-electron chi connectivity index (χ3n) is 5.35. The third-order valence-corrected chi connectivity index (χ3v) is 5.35. The highest BCUT2D eigenvalue weighted by atomic mass is 16.5. The van der Waals surface area contributed by atoms with Gasteiger partial charge in [-0.05, 0) is 25.5 Å². The number of imidazole rings is 1. The fraction of sp³-hybridized carbons (Fsp3) is 0.368. The Kier molecular flexibility index (Phi) is 3.99. The van der Waals surface area contributed by atoms with E-state index < -0.39 is 0 Å². The molecule has 0 saturated carbocycles. The first-order valence-electron chi connectivity index (χ1n) is 9.21. The molecule has 1 fully saturated rings. The number of fused-ring (bicyclic) bond motifs is 3. The number of para-hydroxylation sites is 2. The molecule has 0 bridgehead atoms. The molecule has 28 heavy (non-hydrogen) atoms. The quantitative estimate of drug-likeness (QED) is 0.536. The summed E-state index contributed by atoms with van der Waals surface area (Å²) in [4.78, 5) is 18.2. The molecule has 1 aromatic carbocycles. The SMILES string of the molecule is COCc1cnnn1-c1ncn2c1c(=O)n(C1CCOC1C)c1ccccc12. The van der Waals surface area contributed by atoms with E-state index in [1.54, 1.807) is 24.3 Å². The summed E-state index contributed by atoms with van der Waals surface area (Å²) in [5.74, 6) is 0.445. The summed E-state index contributed by atoms with van der Waals surface area (Å²) in [6.45, 7) is 2.97. The van der Waals surface area contributed by atoms with Gasteiger partial charge in [0.05, 0.1) is 41.7 Å². The maximum atomic E-state index is 13.7. The van der Waals surface area contributed by atoms with E-state index in [0.29, 0.717) is 24.5 Å². The smallest absolute Gasteiger partial charge is 0.279 e. The van der Waals surface area contributed by atoms with Gasteiger partial charge in [0.25, 0.3) is 5.56 Å². The van der Waals surface area contributed by atoms with Gasteiger partial charge < -0.3 is 9.47 Å². The Labute approximate surface area is 160 Å². The highest BCUT2D eigenvalue weighted by molar-refractivity contribution is 5.81. The van der Waals surface area contributed by atoms with Crippen LogP contribution in [0.25, 0.3) is 22.4 Å². The Morgan fingerprint density at radius 1 is 1.29 bits per heavy atom. The van der Waals surface area contributed by atoms with Crippen LogP contribution in [0.2, 0.25) is 0 Å². The first kappa shape index (κ1) is 17.1. The van der Waals surface area contributed by atoms with Gasteiger partial charge in [0.2, 0.25) is 0 Å². The lowest BCUT2D eigenvalue weighted by molar-refractivity contribution is 0.108. The Morgan fingerprint density at radius 2 is 2.11 bits per heavy atom. The maximum absolute atomic E-state index is 13.7. The number of hydrogen-bond acceptors (Lipinski definition) is 6. The van der Waals surface area contributed by atoms with Crippen LogP contribution in [0.3, 0.4) is 0 Å². The average molecular weight is 380 g/mol. The summed E-state index contributed by atoms with van der Waals surface area (Å²) in [5, 5.41) is 8.09. The zero-order valence-corrected chi connectivity index (χ0v) is 15.6. The largest absolute Gasteiger partial charge is 0.378 e. The molecular formula is C19H20N6O3. The molecule has 0 amide bonds. The minimum atomic E-state index is -0.118. The summed E-state index contributed by atoms with van der Waals surface area (Å²) >= 11 is 0. The number of rotatable bonds is 4. The van der Waals surface area contributed by atoms with E-state index in [0.717, 1.165) is 23.1 Å². The van der Waals surface area contributed by atoms with Gasteiger partial charge in [0.15, 0.2) is 11.3 Å². The molecule has 144 valence electrons. The van der Waals surface area contributed by atoms with Crippen LogP contribution in [0.1, 0.15) is 25.1 Å². The molecular weight excluding hydrogens is 360 g/mol. The third kappa shape index (κ3) is 2.40. The van der Waals surface area contributed by atoms with Gasteiger partial charge in [-0.1, -0.05) is 17.3 Å². The van der Waals surface area contributed by atoms with Crippen molar-refractivity contribution in [3.63, 3.8) is 0 Å². The molecule has 2 atom stereocenters. The summed E-state index contributed by atoms with van der Waals surface area (Å²) in [7, 11) is 1.60. The van der Waals surface area contributed by atoms with Crippen molar-refractivity contribution in [2.24, 2.45) is 0 Å². The van der Waals surface area contributed by atoms with Crippen molar-refractivity contribution < 1.29 is 9.47 Å². The van der Waals surface area contributed by atoms with Gasteiger partial charge >= 0.3 is 0 Å². The molecule has 1 aliphatic rings. The second-order valence-electron chi connectivity index (χ2n) is 6.95. The molecule has 3 aromatic heterocycles. The number of benzene rings is 1. The standard InChI is InChI=1S/C19H20N6O3/c1-12-14(7-8-28-12)24-16-6-4-3-5-15(16)23-11-20-18(17(23)19(24)26)25-13(10-27-2)9-21-22-25/h3-6,9,11-12,14H,7-8,10H2,1-2H3.